The third kappa shape index (κ3) is 7.99. The van der Waals surface area contributed by atoms with Crippen LogP contribution in [0, 0.1) is 0 Å². The van der Waals surface area contributed by atoms with Crippen LogP contribution in [0.15, 0.2) is 46.1 Å². The number of halogens is 4. The van der Waals surface area contributed by atoms with Gasteiger partial charge in [0.15, 0.2) is 5.96 Å². The molecule has 2 heterocycles. The molecule has 2 atom stereocenters. The number of anilines is 1. The lowest BCUT2D eigenvalue weighted by Gasteiger charge is -2.29. The molecule has 14 heteroatoms. The fourth-order valence-electron chi connectivity index (χ4n) is 3.61. The van der Waals surface area contributed by atoms with E-state index in [4.69, 9.17) is 0 Å². The lowest BCUT2D eigenvalue weighted by molar-refractivity contribution is -0.180. The maximum absolute atomic E-state index is 13.6. The predicted molar refractivity (Wildman–Crippen MR) is 141 cm³/mol. The number of guanidine groups is 1. The number of carbonyl (C=O) groups excluding carboxylic acids is 3. The summed E-state index contributed by atoms with van der Waals surface area (Å²) in [6.07, 6.45) is -1.97. The molecule has 0 aliphatic carbocycles. The number of aromatic nitrogens is 1. The molecule has 10 nitrogen and oxygen atoms in total. The van der Waals surface area contributed by atoms with Crippen molar-refractivity contribution in [1.29, 1.82) is 0 Å². The van der Waals surface area contributed by atoms with E-state index in [-0.39, 0.29) is 24.1 Å². The van der Waals surface area contributed by atoms with E-state index in [0.29, 0.717) is 34.5 Å². The molecule has 1 aliphatic rings. The summed E-state index contributed by atoms with van der Waals surface area (Å²) in [6.45, 7) is 2.19. The van der Waals surface area contributed by atoms with Gasteiger partial charge in [0.25, 0.3) is 5.91 Å². The van der Waals surface area contributed by atoms with Crippen molar-refractivity contribution in [3.05, 3.63) is 57.8 Å². The Labute approximate surface area is 231 Å². The number of β-amino-alcohol motifs (C(OH)–C–C–N with tert-alkyl or cyclic N) is 1. The van der Waals surface area contributed by atoms with E-state index in [9.17, 15) is 32.7 Å². The first-order chi connectivity index (χ1) is 18.3. The summed E-state index contributed by atoms with van der Waals surface area (Å²) >= 11 is 3.21. The van der Waals surface area contributed by atoms with E-state index in [1.54, 1.807) is 0 Å². The highest BCUT2D eigenvalue weighted by Gasteiger charge is 2.48. The van der Waals surface area contributed by atoms with Crippen molar-refractivity contribution >= 4 is 45.7 Å². The number of hydrogen-bond acceptors (Lipinski definition) is 8. The Kier molecular flexibility index (Phi) is 9.67. The Morgan fingerprint density at radius 2 is 1.97 bits per heavy atom. The highest BCUT2D eigenvalue weighted by Crippen LogP contribution is 2.42. The standard InChI is InChI=1S/C25H28BrF3N6O4/c1-24(2,25(27,28)29)16-5-14(6-17(26)8-16)20(3-4-36)35-21(38)13-31-22(39)15-7-18(10-30-9-15)34-23-32-11-19(37)12-33-23/h4-10,19-20,37H,3,11-13H2,1-2H3,(H,31,39)(H,35,38)(H2,32,33,34)/t20-/m0/s1. The van der Waals surface area contributed by atoms with Crippen LogP contribution in [-0.2, 0) is 15.0 Å². The molecule has 0 saturated carbocycles. The molecule has 5 N–H and O–H groups in total. The average Bonchev–Trinajstić information content (AvgIpc) is 2.87. The number of aliphatic hydroxyl groups excluding tert-OH is 1. The zero-order valence-corrected chi connectivity index (χ0v) is 22.7. The van der Waals surface area contributed by atoms with Crippen LogP contribution in [0.3, 0.4) is 0 Å². The van der Waals surface area contributed by atoms with E-state index in [1.807, 2.05) is 0 Å². The minimum absolute atomic E-state index is 0.0376. The van der Waals surface area contributed by atoms with Gasteiger partial charge in [-0.3, -0.25) is 19.6 Å². The van der Waals surface area contributed by atoms with Crippen molar-refractivity contribution in [2.75, 3.05) is 25.0 Å². The summed E-state index contributed by atoms with van der Waals surface area (Å²) in [4.78, 5) is 44.6. The number of aldehydes is 1. The fraction of sp³-hybridized carbons (Fsp3) is 0.400. The molecule has 2 aromatic rings. The lowest BCUT2D eigenvalue weighted by atomic mass is 9.82. The normalized spacial score (nSPS) is 16.4. The zero-order chi connectivity index (χ0) is 28.8. The second-order valence-electron chi connectivity index (χ2n) is 9.41. The predicted octanol–water partition coefficient (Wildman–Crippen LogP) is 2.59. The van der Waals surface area contributed by atoms with Gasteiger partial charge >= 0.3 is 6.18 Å². The monoisotopic (exact) mass is 612 g/mol. The molecule has 1 aromatic heterocycles. The molecule has 3 rings (SSSR count). The summed E-state index contributed by atoms with van der Waals surface area (Å²) in [7, 11) is 0. The molecule has 0 radical (unpaired) electrons. The van der Waals surface area contributed by atoms with Crippen molar-refractivity contribution < 1.29 is 32.7 Å². The van der Waals surface area contributed by atoms with Gasteiger partial charge in [-0.1, -0.05) is 22.0 Å². The van der Waals surface area contributed by atoms with Gasteiger partial charge in [0, 0.05) is 23.6 Å². The molecular weight excluding hydrogens is 585 g/mol. The number of nitrogens with zero attached hydrogens (tertiary/aromatic N) is 2. The summed E-state index contributed by atoms with van der Waals surface area (Å²) in [5, 5.41) is 20.4. The summed E-state index contributed by atoms with van der Waals surface area (Å²) < 4.78 is 41.2. The Morgan fingerprint density at radius 3 is 2.62 bits per heavy atom. The van der Waals surface area contributed by atoms with Gasteiger partial charge < -0.3 is 31.2 Å². The summed E-state index contributed by atoms with van der Waals surface area (Å²) in [6, 6.07) is 4.76. The number of hydrogen-bond donors (Lipinski definition) is 5. The maximum atomic E-state index is 13.6. The summed E-state index contributed by atoms with van der Waals surface area (Å²) in [5.74, 6) is -0.832. The van der Waals surface area contributed by atoms with Crippen LogP contribution in [0.2, 0.25) is 0 Å². The number of alkyl halides is 3. The number of rotatable bonds is 9. The minimum Gasteiger partial charge on any atom is -0.389 e. The first-order valence-corrected chi connectivity index (χ1v) is 12.7. The fourth-order valence-corrected chi connectivity index (χ4v) is 4.12. The van der Waals surface area contributed by atoms with Gasteiger partial charge in [-0.05, 0) is 43.2 Å². The van der Waals surface area contributed by atoms with Gasteiger partial charge in [-0.15, -0.1) is 0 Å². The number of aliphatic hydroxyl groups is 1. The van der Waals surface area contributed by atoms with Crippen molar-refractivity contribution in [2.45, 2.75) is 44.0 Å². The Balaban J connectivity index is 1.65. The number of benzene rings is 1. The van der Waals surface area contributed by atoms with Crippen LogP contribution < -0.4 is 21.3 Å². The summed E-state index contributed by atoms with van der Waals surface area (Å²) in [5.41, 5.74) is -1.30. The van der Waals surface area contributed by atoms with E-state index in [0.717, 1.165) is 13.8 Å². The van der Waals surface area contributed by atoms with Crippen molar-refractivity contribution in [2.24, 2.45) is 4.99 Å². The Hall–Kier alpha value is -3.52. The van der Waals surface area contributed by atoms with Crippen molar-refractivity contribution in [3.8, 4) is 0 Å². The Morgan fingerprint density at radius 1 is 1.23 bits per heavy atom. The number of carbonyl (C=O) groups is 3. The molecule has 0 fully saturated rings. The van der Waals surface area contributed by atoms with E-state index >= 15 is 0 Å². The maximum Gasteiger partial charge on any atom is 0.397 e. The smallest absolute Gasteiger partial charge is 0.389 e. The minimum atomic E-state index is -4.52. The second-order valence-corrected chi connectivity index (χ2v) is 10.3. The quantitative estimate of drug-likeness (QED) is 0.274. The van der Waals surface area contributed by atoms with Crippen LogP contribution in [0.4, 0.5) is 18.9 Å². The largest absolute Gasteiger partial charge is 0.397 e. The average molecular weight is 613 g/mol. The van der Waals surface area contributed by atoms with Gasteiger partial charge in [0.2, 0.25) is 5.91 Å². The van der Waals surface area contributed by atoms with Crippen molar-refractivity contribution in [3.63, 3.8) is 0 Å². The third-order valence-electron chi connectivity index (χ3n) is 6.06. The highest BCUT2D eigenvalue weighted by molar-refractivity contribution is 9.10. The van der Waals surface area contributed by atoms with Crippen LogP contribution in [0.1, 0.15) is 47.8 Å². The molecule has 0 spiro atoms. The number of pyridine rings is 1. The van der Waals surface area contributed by atoms with Crippen molar-refractivity contribution in [1.82, 2.24) is 20.9 Å². The van der Waals surface area contributed by atoms with E-state index in [1.165, 1.54) is 36.7 Å². The molecule has 1 aliphatic heterocycles. The first kappa shape index (κ1) is 30.0. The molecular formula is C25H28BrF3N6O4. The van der Waals surface area contributed by atoms with Crippen LogP contribution in [0.5, 0.6) is 0 Å². The highest BCUT2D eigenvalue weighted by atomic mass is 79.9. The molecule has 210 valence electrons. The van der Waals surface area contributed by atoms with Gasteiger partial charge in [-0.2, -0.15) is 13.2 Å². The molecule has 0 bridgehead atoms. The van der Waals surface area contributed by atoms with E-state index < -0.39 is 42.1 Å². The van der Waals surface area contributed by atoms with Gasteiger partial charge in [0.1, 0.15) is 6.29 Å². The Bertz CT molecular complexity index is 1250. The van der Waals surface area contributed by atoms with Gasteiger partial charge in [-0.25, -0.2) is 0 Å². The molecule has 0 saturated heterocycles. The molecule has 1 unspecified atom stereocenters. The van der Waals surface area contributed by atoms with Gasteiger partial charge in [0.05, 0.1) is 48.1 Å². The first-order valence-electron chi connectivity index (χ1n) is 11.9. The van der Waals surface area contributed by atoms with Crippen LogP contribution >= 0.6 is 15.9 Å². The zero-order valence-electron chi connectivity index (χ0n) is 21.1. The lowest BCUT2D eigenvalue weighted by Crippen LogP contribution is -2.42. The van der Waals surface area contributed by atoms with Crippen LogP contribution in [0.25, 0.3) is 0 Å². The second kappa shape index (κ2) is 12.6. The molecule has 2 amide bonds. The number of aliphatic imine (C=N–C) groups is 1. The number of nitrogens with one attached hydrogen (secondary N) is 4. The molecule has 1 aromatic carbocycles. The topological polar surface area (TPSA) is 145 Å². The van der Waals surface area contributed by atoms with E-state index in [2.05, 4.69) is 47.2 Å². The number of amides is 2. The third-order valence-corrected chi connectivity index (χ3v) is 6.52. The van der Waals surface area contributed by atoms with Crippen LogP contribution in [-0.4, -0.2) is 66.1 Å². The molecule has 39 heavy (non-hydrogen) atoms. The SMILES string of the molecule is CC(C)(c1cc(Br)cc([C@H](CC=O)NC(=O)CNC(=O)c2cncc(NC3=NCC(O)CN3)c2)c1)C(F)(F)F.